The first-order valence-electron chi connectivity index (χ1n) is 7.67. The van der Waals surface area contributed by atoms with Crippen molar-refractivity contribution in [3.63, 3.8) is 0 Å². The zero-order chi connectivity index (χ0) is 16.4. The number of nitrogens with zero attached hydrogens (tertiary/aromatic N) is 2. The number of carbonyl (C=O) groups excluding carboxylic acids is 1. The molecule has 0 radical (unpaired) electrons. The molecule has 7 heteroatoms. The molecule has 1 aliphatic carbocycles. The maximum Gasteiger partial charge on any atom is 0.235 e. The van der Waals surface area contributed by atoms with Gasteiger partial charge in [-0.25, -0.2) is 0 Å². The molecule has 23 heavy (non-hydrogen) atoms. The number of benzene rings is 1. The molecule has 3 rings (SSSR count). The molecule has 1 amide bonds. The smallest absolute Gasteiger partial charge is 0.235 e. The van der Waals surface area contributed by atoms with Crippen LogP contribution in [-0.4, -0.2) is 27.1 Å². The van der Waals surface area contributed by atoms with Crippen molar-refractivity contribution in [2.45, 2.75) is 32.2 Å². The van der Waals surface area contributed by atoms with E-state index in [0.29, 0.717) is 12.2 Å². The zero-order valence-electron chi connectivity index (χ0n) is 12.8. The Morgan fingerprint density at radius 2 is 2.17 bits per heavy atom. The monoisotopic (exact) mass is 314 g/mol. The Balaban J connectivity index is 1.64. The van der Waals surface area contributed by atoms with E-state index in [-0.39, 0.29) is 5.91 Å². The highest BCUT2D eigenvalue weighted by molar-refractivity contribution is 5.94. The van der Waals surface area contributed by atoms with Gasteiger partial charge in [-0.3, -0.25) is 20.0 Å². The van der Waals surface area contributed by atoms with Crippen LogP contribution in [0, 0.1) is 16.0 Å². The third-order valence-corrected chi connectivity index (χ3v) is 4.00. The number of nitro groups is 1. The predicted molar refractivity (Wildman–Crippen MR) is 85.5 cm³/mol. The third-order valence-electron chi connectivity index (χ3n) is 4.00. The van der Waals surface area contributed by atoms with E-state index >= 15 is 0 Å². The first-order valence-corrected chi connectivity index (χ1v) is 7.67. The van der Waals surface area contributed by atoms with Crippen LogP contribution in [0.3, 0.4) is 0 Å². The van der Waals surface area contributed by atoms with Gasteiger partial charge in [-0.2, -0.15) is 5.10 Å². The molecule has 0 unspecified atom stereocenters. The average Bonchev–Trinajstić information content (AvgIpc) is 3.22. The van der Waals surface area contributed by atoms with E-state index in [1.165, 1.54) is 5.56 Å². The first kappa shape index (κ1) is 15.2. The molecule has 0 bridgehead atoms. The van der Waals surface area contributed by atoms with E-state index in [9.17, 15) is 14.9 Å². The minimum atomic E-state index is -0.750. The summed E-state index contributed by atoms with van der Waals surface area (Å²) in [5, 5.41) is 20.1. The molecule has 0 aliphatic heterocycles. The van der Waals surface area contributed by atoms with Gasteiger partial charge >= 0.3 is 0 Å². The maximum absolute atomic E-state index is 11.9. The van der Waals surface area contributed by atoms with Crippen LogP contribution < -0.4 is 5.32 Å². The molecule has 1 saturated carbocycles. The number of aromatic nitrogens is 2. The summed E-state index contributed by atoms with van der Waals surface area (Å²) in [7, 11) is 0. The minimum Gasteiger partial charge on any atom is -0.309 e. The number of rotatable bonds is 6. The SMILES string of the molecule is CCCc1ccc(-c2cc(NC(=O)[C@@H]3C[C@@H]3[N+](=O)[O-])n[nH]2)cc1. The van der Waals surface area contributed by atoms with Gasteiger partial charge in [0.05, 0.1) is 5.69 Å². The number of hydrogen-bond acceptors (Lipinski definition) is 4. The summed E-state index contributed by atoms with van der Waals surface area (Å²) in [6.45, 7) is 2.14. The normalized spacial score (nSPS) is 19.3. The van der Waals surface area contributed by atoms with Gasteiger partial charge in [0.1, 0.15) is 5.92 Å². The lowest BCUT2D eigenvalue weighted by molar-refractivity contribution is -0.497. The number of aromatic amines is 1. The second-order valence-corrected chi connectivity index (χ2v) is 5.80. The Labute approximate surface area is 133 Å². The van der Waals surface area contributed by atoms with Crippen LogP contribution in [0.25, 0.3) is 11.3 Å². The van der Waals surface area contributed by atoms with E-state index in [1.807, 2.05) is 12.1 Å². The van der Waals surface area contributed by atoms with E-state index in [1.54, 1.807) is 6.07 Å². The molecule has 1 aromatic carbocycles. The van der Waals surface area contributed by atoms with Crippen molar-refractivity contribution >= 4 is 11.7 Å². The summed E-state index contributed by atoms with van der Waals surface area (Å²) in [4.78, 5) is 22.1. The number of amides is 1. The molecule has 2 N–H and O–H groups in total. The average molecular weight is 314 g/mol. The summed E-state index contributed by atoms with van der Waals surface area (Å²) in [6.07, 6.45) is 2.45. The molecule has 2 aromatic rings. The van der Waals surface area contributed by atoms with Crippen LogP contribution in [0.5, 0.6) is 0 Å². The van der Waals surface area contributed by atoms with Gasteiger partial charge in [0.25, 0.3) is 0 Å². The highest BCUT2D eigenvalue weighted by Crippen LogP contribution is 2.34. The van der Waals surface area contributed by atoms with Gasteiger partial charge < -0.3 is 5.32 Å². The highest BCUT2D eigenvalue weighted by atomic mass is 16.6. The van der Waals surface area contributed by atoms with Crippen molar-refractivity contribution in [1.82, 2.24) is 10.2 Å². The molecule has 7 nitrogen and oxygen atoms in total. The van der Waals surface area contributed by atoms with Gasteiger partial charge in [-0.15, -0.1) is 0 Å². The van der Waals surface area contributed by atoms with Crippen molar-refractivity contribution in [3.05, 3.63) is 46.0 Å². The van der Waals surface area contributed by atoms with Gasteiger partial charge in [0.2, 0.25) is 11.9 Å². The molecule has 1 aromatic heterocycles. The first-order chi connectivity index (χ1) is 11.1. The lowest BCUT2D eigenvalue weighted by Crippen LogP contribution is -2.18. The maximum atomic E-state index is 11.9. The van der Waals surface area contributed by atoms with Crippen LogP contribution in [0.4, 0.5) is 5.82 Å². The fourth-order valence-corrected chi connectivity index (χ4v) is 2.59. The van der Waals surface area contributed by atoms with Crippen LogP contribution in [0.2, 0.25) is 0 Å². The van der Waals surface area contributed by atoms with E-state index in [4.69, 9.17) is 0 Å². The Hall–Kier alpha value is -2.70. The second-order valence-electron chi connectivity index (χ2n) is 5.80. The van der Waals surface area contributed by atoms with Crippen LogP contribution in [-0.2, 0) is 11.2 Å². The molecule has 1 fully saturated rings. The van der Waals surface area contributed by atoms with Gasteiger partial charge in [0, 0.05) is 17.4 Å². The number of aryl methyl sites for hydroxylation is 1. The van der Waals surface area contributed by atoms with Crippen molar-refractivity contribution in [2.24, 2.45) is 5.92 Å². The van der Waals surface area contributed by atoms with E-state index in [0.717, 1.165) is 24.1 Å². The van der Waals surface area contributed by atoms with Crippen molar-refractivity contribution in [2.75, 3.05) is 5.32 Å². The Bertz CT molecular complexity index is 723. The zero-order valence-corrected chi connectivity index (χ0v) is 12.8. The molecular weight excluding hydrogens is 296 g/mol. The fraction of sp³-hybridized carbons (Fsp3) is 0.375. The number of carbonyl (C=O) groups is 1. The third kappa shape index (κ3) is 3.39. The van der Waals surface area contributed by atoms with Crippen molar-refractivity contribution < 1.29 is 9.72 Å². The number of hydrogen-bond donors (Lipinski definition) is 2. The largest absolute Gasteiger partial charge is 0.309 e. The van der Waals surface area contributed by atoms with E-state index in [2.05, 4.69) is 34.6 Å². The lowest BCUT2D eigenvalue weighted by Gasteiger charge is -2.01. The molecule has 120 valence electrons. The molecular formula is C16H18N4O3. The highest BCUT2D eigenvalue weighted by Gasteiger charge is 2.53. The van der Waals surface area contributed by atoms with Gasteiger partial charge in [-0.1, -0.05) is 37.6 Å². The molecule has 1 heterocycles. The quantitative estimate of drug-likeness (QED) is 0.632. The van der Waals surface area contributed by atoms with E-state index < -0.39 is 16.9 Å². The molecule has 0 saturated heterocycles. The summed E-state index contributed by atoms with van der Waals surface area (Å²) in [5.74, 6) is -0.502. The van der Waals surface area contributed by atoms with Crippen molar-refractivity contribution in [3.8, 4) is 11.3 Å². The van der Waals surface area contributed by atoms with Crippen LogP contribution >= 0.6 is 0 Å². The molecule has 0 spiro atoms. The predicted octanol–water partition coefficient (Wildman–Crippen LogP) is 2.63. The number of nitrogens with one attached hydrogen (secondary N) is 2. The van der Waals surface area contributed by atoms with Crippen molar-refractivity contribution in [1.29, 1.82) is 0 Å². The number of H-pyrrole nitrogens is 1. The Kier molecular flexibility index (Phi) is 4.10. The summed E-state index contributed by atoms with van der Waals surface area (Å²) in [6, 6.07) is 9.14. The van der Waals surface area contributed by atoms with Gasteiger partial charge in [-0.05, 0) is 17.5 Å². The van der Waals surface area contributed by atoms with Gasteiger partial charge in [0.15, 0.2) is 5.82 Å². The second kappa shape index (κ2) is 6.20. The summed E-state index contributed by atoms with van der Waals surface area (Å²) in [5.41, 5.74) is 3.06. The lowest BCUT2D eigenvalue weighted by atomic mass is 10.1. The standard InChI is InChI=1S/C16H18N4O3/c1-2-3-10-4-6-11(7-5-10)13-9-15(19-18-13)17-16(21)12-8-14(12)20(22)23/h4-7,9,12,14H,2-3,8H2,1H3,(H2,17,18,19,21)/t12-,14+/m1/s1. The number of anilines is 1. The molecule has 1 aliphatic rings. The molecule has 2 atom stereocenters. The van der Waals surface area contributed by atoms with Crippen LogP contribution in [0.15, 0.2) is 30.3 Å². The fourth-order valence-electron chi connectivity index (χ4n) is 2.59. The minimum absolute atomic E-state index is 0.301. The Morgan fingerprint density at radius 3 is 2.78 bits per heavy atom. The summed E-state index contributed by atoms with van der Waals surface area (Å²) < 4.78 is 0. The summed E-state index contributed by atoms with van der Waals surface area (Å²) >= 11 is 0. The topological polar surface area (TPSA) is 101 Å². The van der Waals surface area contributed by atoms with Crippen LogP contribution in [0.1, 0.15) is 25.3 Å². The Morgan fingerprint density at radius 1 is 1.43 bits per heavy atom.